The lowest BCUT2D eigenvalue weighted by Crippen LogP contribution is -2.56. The Morgan fingerprint density at radius 2 is 1.79 bits per heavy atom. The van der Waals surface area contributed by atoms with Gasteiger partial charge >= 0.3 is 0 Å². The van der Waals surface area contributed by atoms with Gasteiger partial charge in [-0.2, -0.15) is 0 Å². The average molecular weight is 400 g/mol. The van der Waals surface area contributed by atoms with Crippen LogP contribution in [0.3, 0.4) is 0 Å². The van der Waals surface area contributed by atoms with Crippen LogP contribution in [0.1, 0.15) is 38.0 Å². The lowest BCUT2D eigenvalue weighted by atomic mass is 9.54. The highest BCUT2D eigenvalue weighted by Crippen LogP contribution is 2.53. The molecule has 0 saturated heterocycles. The summed E-state index contributed by atoms with van der Waals surface area (Å²) < 4.78 is 11.2. The van der Waals surface area contributed by atoms with Crippen molar-refractivity contribution in [2.75, 3.05) is 5.75 Å². The van der Waals surface area contributed by atoms with Crippen molar-refractivity contribution in [1.82, 2.24) is 15.5 Å². The molecule has 1 N–H and O–H groups in total. The number of amides is 1. The molecule has 4 bridgehead atoms. The molecule has 0 radical (unpaired) electrons. The van der Waals surface area contributed by atoms with Gasteiger partial charge in [0.2, 0.25) is 5.91 Å². The average Bonchev–Trinajstić information content (AvgIpc) is 3.16. The number of hydrogen-bond acceptors (Lipinski definition) is 6. The van der Waals surface area contributed by atoms with Gasteiger partial charge in [0, 0.05) is 6.04 Å². The van der Waals surface area contributed by atoms with E-state index in [0.717, 1.165) is 17.6 Å². The Morgan fingerprint density at radius 1 is 1.07 bits per heavy atom. The Balaban J connectivity index is 1.09. The molecule has 4 aliphatic carbocycles. The predicted octanol–water partition coefficient (Wildman–Crippen LogP) is 3.68. The zero-order valence-corrected chi connectivity index (χ0v) is 16.6. The molecule has 4 fully saturated rings. The van der Waals surface area contributed by atoms with E-state index in [1.165, 1.54) is 43.9 Å². The second-order valence-electron chi connectivity index (χ2n) is 8.38. The number of para-hydroxylation sites is 1. The molecule has 148 valence electrons. The Morgan fingerprint density at radius 3 is 2.50 bits per heavy atom. The van der Waals surface area contributed by atoms with Crippen LogP contribution in [0, 0.1) is 23.7 Å². The normalized spacial score (nSPS) is 30.4. The first-order valence-corrected chi connectivity index (χ1v) is 11.1. The number of carbonyl (C=O) groups is 1. The summed E-state index contributed by atoms with van der Waals surface area (Å²) in [5.41, 5.74) is 0. The van der Waals surface area contributed by atoms with Crippen LogP contribution in [0.5, 0.6) is 5.75 Å². The molecule has 1 aromatic carbocycles. The Kier molecular flexibility index (Phi) is 5.01. The Hall–Kier alpha value is -2.02. The smallest absolute Gasteiger partial charge is 0.277 e. The van der Waals surface area contributed by atoms with Crippen LogP contribution in [0.25, 0.3) is 0 Å². The molecule has 0 aliphatic heterocycles. The van der Waals surface area contributed by atoms with E-state index >= 15 is 0 Å². The molecule has 1 heterocycles. The van der Waals surface area contributed by atoms with Crippen LogP contribution in [0.2, 0.25) is 0 Å². The third-order valence-corrected chi connectivity index (χ3v) is 7.25. The van der Waals surface area contributed by atoms with Crippen molar-refractivity contribution in [2.45, 2.75) is 50.0 Å². The number of carbonyl (C=O) groups excluding carboxylic acids is 1. The van der Waals surface area contributed by atoms with Crippen molar-refractivity contribution in [2.24, 2.45) is 23.7 Å². The van der Waals surface area contributed by atoms with Gasteiger partial charge in [0.05, 0.1) is 5.75 Å². The summed E-state index contributed by atoms with van der Waals surface area (Å²) >= 11 is 1.29. The lowest BCUT2D eigenvalue weighted by Gasteiger charge is -2.54. The van der Waals surface area contributed by atoms with E-state index in [-0.39, 0.29) is 12.5 Å². The van der Waals surface area contributed by atoms with Crippen LogP contribution in [-0.4, -0.2) is 27.9 Å². The minimum atomic E-state index is 0.0720. The summed E-state index contributed by atoms with van der Waals surface area (Å²) in [6.07, 6.45) is 6.65. The molecule has 6 rings (SSSR count). The number of ether oxygens (including phenoxy) is 1. The Bertz CT molecular complexity index is 797. The third-order valence-electron chi connectivity index (χ3n) is 6.43. The van der Waals surface area contributed by atoms with Gasteiger partial charge in [0.25, 0.3) is 11.1 Å². The minimum Gasteiger partial charge on any atom is -0.484 e. The molecule has 1 amide bonds. The monoisotopic (exact) mass is 399 g/mol. The maximum atomic E-state index is 12.5. The standard InChI is InChI=1S/C21H25N3O3S/c25-18(22-20-15-7-13-6-14(9-15)10-16(20)8-13)12-28-21-24-23-19(27-21)11-26-17-4-2-1-3-5-17/h1-5,13-16,20H,6-12H2,(H,22,25). The molecule has 7 heteroatoms. The highest BCUT2D eigenvalue weighted by molar-refractivity contribution is 7.99. The molecule has 1 aromatic heterocycles. The molecule has 4 saturated carbocycles. The van der Waals surface area contributed by atoms with Crippen LogP contribution < -0.4 is 10.1 Å². The van der Waals surface area contributed by atoms with E-state index < -0.39 is 0 Å². The topological polar surface area (TPSA) is 77.2 Å². The van der Waals surface area contributed by atoms with E-state index in [2.05, 4.69) is 15.5 Å². The second kappa shape index (κ2) is 7.78. The summed E-state index contributed by atoms with van der Waals surface area (Å²) in [4.78, 5) is 12.5. The van der Waals surface area contributed by atoms with Gasteiger partial charge in [-0.25, -0.2) is 0 Å². The van der Waals surface area contributed by atoms with Crippen LogP contribution in [0.4, 0.5) is 0 Å². The zero-order valence-electron chi connectivity index (χ0n) is 15.8. The molecular formula is C21H25N3O3S. The van der Waals surface area contributed by atoms with E-state index in [1.54, 1.807) is 0 Å². The SMILES string of the molecule is O=C(CSc1nnc(COc2ccccc2)o1)NC1C2CC3CC(C2)CC1C3. The highest BCUT2D eigenvalue weighted by atomic mass is 32.2. The number of nitrogens with one attached hydrogen (secondary N) is 1. The lowest BCUT2D eigenvalue weighted by molar-refractivity contribution is -0.122. The molecule has 0 unspecified atom stereocenters. The van der Waals surface area contributed by atoms with Gasteiger partial charge in [-0.15, -0.1) is 10.2 Å². The first-order chi connectivity index (χ1) is 13.7. The summed E-state index contributed by atoms with van der Waals surface area (Å²) in [5.74, 6) is 4.76. The van der Waals surface area contributed by atoms with Crippen LogP contribution in [-0.2, 0) is 11.4 Å². The number of nitrogens with zero attached hydrogens (tertiary/aromatic N) is 2. The minimum absolute atomic E-state index is 0.0720. The number of rotatable bonds is 7. The van der Waals surface area contributed by atoms with Gasteiger partial charge in [-0.1, -0.05) is 30.0 Å². The van der Waals surface area contributed by atoms with Gasteiger partial charge < -0.3 is 14.5 Å². The summed E-state index contributed by atoms with van der Waals surface area (Å²) in [6.45, 7) is 0.220. The molecule has 0 spiro atoms. The predicted molar refractivity (Wildman–Crippen MR) is 105 cm³/mol. The first-order valence-electron chi connectivity index (χ1n) is 10.2. The summed E-state index contributed by atoms with van der Waals surface area (Å²) in [5, 5.41) is 11.7. The van der Waals surface area contributed by atoms with E-state index in [4.69, 9.17) is 9.15 Å². The van der Waals surface area contributed by atoms with Crippen molar-refractivity contribution in [3.8, 4) is 5.75 Å². The van der Waals surface area contributed by atoms with E-state index in [0.29, 0.717) is 34.7 Å². The van der Waals surface area contributed by atoms with Crippen molar-refractivity contribution in [3.05, 3.63) is 36.2 Å². The number of aromatic nitrogens is 2. The van der Waals surface area contributed by atoms with Gasteiger partial charge in [0.1, 0.15) is 5.75 Å². The van der Waals surface area contributed by atoms with Crippen molar-refractivity contribution in [3.63, 3.8) is 0 Å². The largest absolute Gasteiger partial charge is 0.484 e. The molecule has 2 aromatic rings. The molecule has 0 atom stereocenters. The summed E-state index contributed by atoms with van der Waals surface area (Å²) in [6, 6.07) is 9.88. The van der Waals surface area contributed by atoms with Gasteiger partial charge in [0.15, 0.2) is 6.61 Å². The van der Waals surface area contributed by atoms with Crippen LogP contribution in [0.15, 0.2) is 40.0 Å². The van der Waals surface area contributed by atoms with Crippen molar-refractivity contribution in [1.29, 1.82) is 0 Å². The van der Waals surface area contributed by atoms with Crippen molar-refractivity contribution >= 4 is 17.7 Å². The fourth-order valence-corrected chi connectivity index (χ4v) is 6.12. The fourth-order valence-electron chi connectivity index (χ4n) is 5.53. The number of hydrogen-bond donors (Lipinski definition) is 1. The molecule has 6 nitrogen and oxygen atoms in total. The Labute approximate surface area is 168 Å². The van der Waals surface area contributed by atoms with Gasteiger partial charge in [-0.3, -0.25) is 4.79 Å². The van der Waals surface area contributed by atoms with Crippen LogP contribution >= 0.6 is 11.8 Å². The quantitative estimate of drug-likeness (QED) is 0.716. The third kappa shape index (κ3) is 3.90. The molecule has 4 aliphatic rings. The van der Waals surface area contributed by atoms with E-state index in [9.17, 15) is 4.79 Å². The highest BCUT2D eigenvalue weighted by Gasteiger charge is 2.48. The number of benzene rings is 1. The molecule has 28 heavy (non-hydrogen) atoms. The first kappa shape index (κ1) is 18.0. The van der Waals surface area contributed by atoms with Crippen molar-refractivity contribution < 1.29 is 13.9 Å². The maximum absolute atomic E-state index is 12.5. The zero-order chi connectivity index (χ0) is 18.9. The van der Waals surface area contributed by atoms with E-state index in [1.807, 2.05) is 30.3 Å². The fraction of sp³-hybridized carbons (Fsp3) is 0.571. The summed E-state index contributed by atoms with van der Waals surface area (Å²) in [7, 11) is 0. The molecular weight excluding hydrogens is 374 g/mol. The number of thioether (sulfide) groups is 1. The second-order valence-corrected chi connectivity index (χ2v) is 9.30. The van der Waals surface area contributed by atoms with Gasteiger partial charge in [-0.05, 0) is 67.9 Å². The maximum Gasteiger partial charge on any atom is 0.277 e.